The number of ether oxygens (including phenoxy) is 1. The highest BCUT2D eigenvalue weighted by atomic mass is 35.5. The molecule has 0 radical (unpaired) electrons. The third-order valence-electron chi connectivity index (χ3n) is 3.61. The van der Waals surface area contributed by atoms with Crippen LogP contribution in [0.25, 0.3) is 0 Å². The number of benzene rings is 1. The largest absolute Gasteiger partial charge is 0.382 e. The molecule has 0 aromatic heterocycles. The summed E-state index contributed by atoms with van der Waals surface area (Å²) >= 11 is 5.90. The van der Waals surface area contributed by atoms with Crippen molar-refractivity contribution in [3.63, 3.8) is 0 Å². The first kappa shape index (κ1) is 13.8. The van der Waals surface area contributed by atoms with E-state index in [1.807, 2.05) is 26.0 Å². The molecule has 100 valence electrons. The molecule has 0 aliphatic carbocycles. The monoisotopic (exact) mass is 269 g/mol. The molecule has 0 bridgehead atoms. The van der Waals surface area contributed by atoms with E-state index in [-0.39, 0.29) is 12.0 Å². The Labute approximate surface area is 113 Å². The second-order valence-electron chi connectivity index (χ2n) is 5.05. The van der Waals surface area contributed by atoms with Crippen LogP contribution in [-0.4, -0.2) is 30.9 Å². The lowest BCUT2D eigenvalue weighted by atomic mass is 9.78. The van der Waals surface area contributed by atoms with Gasteiger partial charge in [0.25, 0.3) is 0 Å². The number of aliphatic hydroxyl groups is 1. The van der Waals surface area contributed by atoms with Gasteiger partial charge in [-0.05, 0) is 23.6 Å². The van der Waals surface area contributed by atoms with Crippen molar-refractivity contribution in [2.75, 3.05) is 19.7 Å². The lowest BCUT2D eigenvalue weighted by molar-refractivity contribution is -0.148. The van der Waals surface area contributed by atoms with Crippen molar-refractivity contribution in [2.24, 2.45) is 5.92 Å². The minimum atomic E-state index is -0.988. The Hall–Kier alpha value is -0.610. The second kappa shape index (κ2) is 5.57. The Kier molecular flexibility index (Phi) is 4.28. The predicted molar refractivity (Wildman–Crippen MR) is 72.8 cm³/mol. The topological polar surface area (TPSA) is 41.5 Å². The minimum absolute atomic E-state index is 0.0589. The van der Waals surface area contributed by atoms with Gasteiger partial charge in [0.15, 0.2) is 0 Å². The highest BCUT2D eigenvalue weighted by Gasteiger charge is 2.42. The first-order valence-corrected chi connectivity index (χ1v) is 6.73. The van der Waals surface area contributed by atoms with E-state index in [1.165, 1.54) is 0 Å². The SMILES string of the molecule is CC(C)C(O)(c1ccc(Cl)cc1)C1CNCCO1. The van der Waals surface area contributed by atoms with E-state index in [1.54, 1.807) is 12.1 Å². The Morgan fingerprint density at radius 3 is 2.56 bits per heavy atom. The maximum atomic E-state index is 11.1. The Morgan fingerprint density at radius 2 is 2.06 bits per heavy atom. The Morgan fingerprint density at radius 1 is 1.39 bits per heavy atom. The summed E-state index contributed by atoms with van der Waals surface area (Å²) in [5, 5.41) is 15.0. The van der Waals surface area contributed by atoms with Crippen molar-refractivity contribution in [2.45, 2.75) is 25.6 Å². The molecule has 1 saturated heterocycles. The van der Waals surface area contributed by atoms with E-state index >= 15 is 0 Å². The van der Waals surface area contributed by atoms with E-state index in [0.29, 0.717) is 18.2 Å². The molecule has 1 aromatic rings. The van der Waals surface area contributed by atoms with Crippen LogP contribution >= 0.6 is 11.6 Å². The van der Waals surface area contributed by atoms with E-state index in [4.69, 9.17) is 16.3 Å². The smallest absolute Gasteiger partial charge is 0.119 e. The molecule has 0 spiro atoms. The lowest BCUT2D eigenvalue weighted by Crippen LogP contribution is -2.54. The number of hydrogen-bond donors (Lipinski definition) is 2. The van der Waals surface area contributed by atoms with Gasteiger partial charge in [0.2, 0.25) is 0 Å². The lowest BCUT2D eigenvalue weighted by Gasteiger charge is -2.41. The van der Waals surface area contributed by atoms with Crippen LogP contribution in [0.3, 0.4) is 0 Å². The summed E-state index contributed by atoms with van der Waals surface area (Å²) < 4.78 is 5.74. The van der Waals surface area contributed by atoms with Gasteiger partial charge in [-0.25, -0.2) is 0 Å². The first-order valence-electron chi connectivity index (χ1n) is 6.36. The van der Waals surface area contributed by atoms with E-state index in [0.717, 1.165) is 12.1 Å². The molecule has 0 amide bonds. The van der Waals surface area contributed by atoms with Crippen molar-refractivity contribution in [1.82, 2.24) is 5.32 Å². The van der Waals surface area contributed by atoms with Crippen molar-refractivity contribution < 1.29 is 9.84 Å². The summed E-state index contributed by atoms with van der Waals surface area (Å²) in [7, 11) is 0. The van der Waals surface area contributed by atoms with Crippen molar-refractivity contribution in [1.29, 1.82) is 0 Å². The predicted octanol–water partition coefficient (Wildman–Crippen LogP) is 2.17. The molecule has 1 aromatic carbocycles. The molecular formula is C14H20ClNO2. The van der Waals surface area contributed by atoms with Gasteiger partial charge in [0.05, 0.1) is 6.61 Å². The van der Waals surface area contributed by atoms with Crippen LogP contribution in [-0.2, 0) is 10.3 Å². The van der Waals surface area contributed by atoms with E-state index in [9.17, 15) is 5.11 Å². The molecule has 18 heavy (non-hydrogen) atoms. The molecule has 1 aliphatic heterocycles. The number of nitrogens with one attached hydrogen (secondary N) is 1. The summed E-state index contributed by atoms with van der Waals surface area (Å²) in [5.41, 5.74) is -0.131. The van der Waals surface area contributed by atoms with Gasteiger partial charge in [0.1, 0.15) is 11.7 Å². The summed E-state index contributed by atoms with van der Waals surface area (Å²) in [6.45, 7) is 6.15. The zero-order chi connectivity index (χ0) is 13.2. The van der Waals surface area contributed by atoms with Crippen molar-refractivity contribution >= 4 is 11.6 Å². The maximum Gasteiger partial charge on any atom is 0.119 e. The van der Waals surface area contributed by atoms with Gasteiger partial charge in [0, 0.05) is 18.1 Å². The van der Waals surface area contributed by atoms with Crippen LogP contribution in [0.5, 0.6) is 0 Å². The Bertz CT molecular complexity index is 387. The molecule has 1 fully saturated rings. The molecule has 1 heterocycles. The number of halogens is 1. The first-order chi connectivity index (χ1) is 8.55. The highest BCUT2D eigenvalue weighted by molar-refractivity contribution is 6.30. The van der Waals surface area contributed by atoms with Crippen LogP contribution in [0.15, 0.2) is 24.3 Å². The third kappa shape index (κ3) is 2.54. The molecular weight excluding hydrogens is 250 g/mol. The molecule has 0 saturated carbocycles. The number of hydrogen-bond acceptors (Lipinski definition) is 3. The number of rotatable bonds is 3. The maximum absolute atomic E-state index is 11.1. The minimum Gasteiger partial charge on any atom is -0.382 e. The standard InChI is InChI=1S/C14H20ClNO2/c1-10(2)14(17,13-9-16-7-8-18-13)11-3-5-12(15)6-4-11/h3-6,10,13,16-17H,7-9H2,1-2H3. The highest BCUT2D eigenvalue weighted by Crippen LogP contribution is 2.35. The van der Waals surface area contributed by atoms with E-state index < -0.39 is 5.60 Å². The summed E-state index contributed by atoms with van der Waals surface area (Å²) in [4.78, 5) is 0. The summed E-state index contributed by atoms with van der Waals surface area (Å²) in [6, 6.07) is 7.36. The molecule has 1 aliphatic rings. The zero-order valence-electron chi connectivity index (χ0n) is 10.8. The van der Waals surface area contributed by atoms with Gasteiger partial charge in [-0.1, -0.05) is 37.6 Å². The average molecular weight is 270 g/mol. The van der Waals surface area contributed by atoms with Crippen LogP contribution in [0.1, 0.15) is 19.4 Å². The fraction of sp³-hybridized carbons (Fsp3) is 0.571. The molecule has 2 rings (SSSR count). The van der Waals surface area contributed by atoms with Gasteiger partial charge < -0.3 is 15.2 Å². The second-order valence-corrected chi connectivity index (χ2v) is 5.49. The quantitative estimate of drug-likeness (QED) is 0.884. The number of morpholine rings is 1. The molecule has 4 heteroatoms. The van der Waals surface area contributed by atoms with Crippen LogP contribution in [0, 0.1) is 5.92 Å². The van der Waals surface area contributed by atoms with Crippen LogP contribution < -0.4 is 5.32 Å². The molecule has 3 nitrogen and oxygen atoms in total. The molecule has 2 atom stereocenters. The van der Waals surface area contributed by atoms with Gasteiger partial charge in [-0.3, -0.25) is 0 Å². The van der Waals surface area contributed by atoms with Crippen molar-refractivity contribution in [3.05, 3.63) is 34.9 Å². The van der Waals surface area contributed by atoms with Crippen LogP contribution in [0.4, 0.5) is 0 Å². The normalized spacial score (nSPS) is 23.9. The fourth-order valence-electron chi connectivity index (χ4n) is 2.46. The molecule has 2 unspecified atom stereocenters. The zero-order valence-corrected chi connectivity index (χ0v) is 11.6. The summed E-state index contributed by atoms with van der Waals surface area (Å²) in [5.74, 6) is 0.0589. The summed E-state index contributed by atoms with van der Waals surface area (Å²) in [6.07, 6.45) is -0.229. The van der Waals surface area contributed by atoms with Gasteiger partial charge in [-0.2, -0.15) is 0 Å². The fourth-order valence-corrected chi connectivity index (χ4v) is 2.58. The molecule has 2 N–H and O–H groups in total. The van der Waals surface area contributed by atoms with Gasteiger partial charge >= 0.3 is 0 Å². The average Bonchev–Trinajstić information content (AvgIpc) is 2.39. The van der Waals surface area contributed by atoms with E-state index in [2.05, 4.69) is 5.32 Å². The van der Waals surface area contributed by atoms with Crippen LogP contribution in [0.2, 0.25) is 5.02 Å². The van der Waals surface area contributed by atoms with Gasteiger partial charge in [-0.15, -0.1) is 0 Å². The third-order valence-corrected chi connectivity index (χ3v) is 3.86. The Balaban J connectivity index is 2.33. The van der Waals surface area contributed by atoms with Crippen molar-refractivity contribution in [3.8, 4) is 0 Å².